The third-order valence-corrected chi connectivity index (χ3v) is 3.52. The van der Waals surface area contributed by atoms with Crippen LogP contribution in [0.25, 0.3) is 11.6 Å². The molecule has 3 rings (SSSR count). The van der Waals surface area contributed by atoms with E-state index in [9.17, 15) is 0 Å². The second-order valence-corrected chi connectivity index (χ2v) is 5.59. The van der Waals surface area contributed by atoms with Crippen molar-refractivity contribution in [2.24, 2.45) is 0 Å². The lowest BCUT2D eigenvalue weighted by Crippen LogP contribution is -2.05. The maximum absolute atomic E-state index is 5.55. The van der Waals surface area contributed by atoms with Crippen molar-refractivity contribution in [1.29, 1.82) is 0 Å². The summed E-state index contributed by atoms with van der Waals surface area (Å²) in [6, 6.07) is 5.82. The summed E-state index contributed by atoms with van der Waals surface area (Å²) in [7, 11) is 0. The van der Waals surface area contributed by atoms with Crippen LogP contribution in [0.5, 0.6) is 0 Å². The molecule has 4 nitrogen and oxygen atoms in total. The van der Waals surface area contributed by atoms with Crippen molar-refractivity contribution in [2.45, 2.75) is 32.1 Å². The molecule has 2 heterocycles. The van der Waals surface area contributed by atoms with Gasteiger partial charge in [0.05, 0.1) is 0 Å². The fraction of sp³-hybridized carbons (Fsp3) is 0.429. The molecule has 1 saturated carbocycles. The van der Waals surface area contributed by atoms with E-state index in [1.165, 1.54) is 12.8 Å². The first-order valence-electron chi connectivity index (χ1n) is 6.65. The third-order valence-electron chi connectivity index (χ3n) is 3.09. The molecular formula is C14H16BrN3O. The van der Waals surface area contributed by atoms with Gasteiger partial charge in [0.1, 0.15) is 5.82 Å². The number of anilines is 1. The molecular weight excluding hydrogens is 306 g/mol. The van der Waals surface area contributed by atoms with Crippen molar-refractivity contribution in [2.75, 3.05) is 11.9 Å². The van der Waals surface area contributed by atoms with Crippen LogP contribution in [0.3, 0.4) is 0 Å². The molecule has 1 aliphatic carbocycles. The number of rotatable bonds is 5. The van der Waals surface area contributed by atoms with E-state index in [2.05, 4.69) is 44.2 Å². The van der Waals surface area contributed by atoms with Crippen molar-refractivity contribution in [3.63, 3.8) is 0 Å². The van der Waals surface area contributed by atoms with Gasteiger partial charge in [-0.25, -0.2) is 9.97 Å². The Balaban J connectivity index is 1.95. The zero-order valence-corrected chi connectivity index (χ0v) is 12.4. The van der Waals surface area contributed by atoms with Gasteiger partial charge in [0, 0.05) is 24.2 Å². The van der Waals surface area contributed by atoms with E-state index in [1.54, 1.807) is 0 Å². The fourth-order valence-electron chi connectivity index (χ4n) is 1.94. The van der Waals surface area contributed by atoms with E-state index in [-0.39, 0.29) is 0 Å². The highest BCUT2D eigenvalue weighted by Crippen LogP contribution is 2.40. The highest BCUT2D eigenvalue weighted by Gasteiger charge is 2.26. The smallest absolute Gasteiger partial charge is 0.197 e. The Labute approximate surface area is 120 Å². The summed E-state index contributed by atoms with van der Waals surface area (Å²) in [6.45, 7) is 3.06. The summed E-state index contributed by atoms with van der Waals surface area (Å²) in [4.78, 5) is 9.15. The highest BCUT2D eigenvalue weighted by atomic mass is 79.9. The van der Waals surface area contributed by atoms with Gasteiger partial charge >= 0.3 is 0 Å². The fourth-order valence-corrected chi connectivity index (χ4v) is 2.25. The summed E-state index contributed by atoms with van der Waals surface area (Å²) >= 11 is 3.31. The van der Waals surface area contributed by atoms with Crippen molar-refractivity contribution in [3.05, 3.63) is 28.6 Å². The zero-order chi connectivity index (χ0) is 13.2. The molecule has 19 heavy (non-hydrogen) atoms. The summed E-state index contributed by atoms with van der Waals surface area (Å²) in [6.07, 6.45) is 3.53. The lowest BCUT2D eigenvalue weighted by Gasteiger charge is -2.07. The van der Waals surface area contributed by atoms with Gasteiger partial charge in [-0.3, -0.25) is 0 Å². The predicted molar refractivity (Wildman–Crippen MR) is 78.2 cm³/mol. The number of aromatic nitrogens is 2. The predicted octanol–water partition coefficient (Wildman–Crippen LogP) is 4.20. The minimum atomic E-state index is 0.599. The van der Waals surface area contributed by atoms with Crippen LogP contribution < -0.4 is 5.32 Å². The molecule has 2 aromatic rings. The minimum absolute atomic E-state index is 0.599. The van der Waals surface area contributed by atoms with E-state index < -0.39 is 0 Å². The van der Waals surface area contributed by atoms with E-state index >= 15 is 0 Å². The molecule has 100 valence electrons. The van der Waals surface area contributed by atoms with Crippen LogP contribution in [0.15, 0.2) is 27.3 Å². The summed E-state index contributed by atoms with van der Waals surface area (Å²) in [5.74, 6) is 2.85. The van der Waals surface area contributed by atoms with Crippen LogP contribution in [0.1, 0.15) is 37.8 Å². The normalized spacial score (nSPS) is 14.6. The van der Waals surface area contributed by atoms with Gasteiger partial charge in [0.25, 0.3) is 0 Å². The van der Waals surface area contributed by atoms with Gasteiger partial charge in [-0.05, 0) is 47.3 Å². The van der Waals surface area contributed by atoms with Crippen molar-refractivity contribution in [3.8, 4) is 11.6 Å². The van der Waals surface area contributed by atoms with Gasteiger partial charge in [-0.2, -0.15) is 0 Å². The summed E-state index contributed by atoms with van der Waals surface area (Å²) in [5, 5.41) is 3.33. The van der Waals surface area contributed by atoms with E-state index in [4.69, 9.17) is 4.42 Å². The monoisotopic (exact) mass is 321 g/mol. The Morgan fingerprint density at radius 2 is 2.21 bits per heavy atom. The molecule has 1 aliphatic rings. The Morgan fingerprint density at radius 3 is 2.84 bits per heavy atom. The summed E-state index contributed by atoms with van der Waals surface area (Å²) < 4.78 is 6.25. The number of halogens is 1. The number of hydrogen-bond donors (Lipinski definition) is 1. The Hall–Kier alpha value is -1.36. The molecule has 2 aromatic heterocycles. The van der Waals surface area contributed by atoms with Gasteiger partial charge in [0.2, 0.25) is 0 Å². The maximum atomic E-state index is 5.55. The first-order valence-corrected chi connectivity index (χ1v) is 7.44. The van der Waals surface area contributed by atoms with E-state index in [1.807, 2.05) is 12.1 Å². The van der Waals surface area contributed by atoms with Crippen LogP contribution in [0, 0.1) is 0 Å². The molecule has 0 amide bonds. The van der Waals surface area contributed by atoms with Gasteiger partial charge in [-0.15, -0.1) is 0 Å². The van der Waals surface area contributed by atoms with Crippen molar-refractivity contribution >= 4 is 21.7 Å². The first-order chi connectivity index (χ1) is 9.26. The van der Waals surface area contributed by atoms with Crippen LogP contribution in [-0.2, 0) is 0 Å². The molecule has 0 atom stereocenters. The van der Waals surface area contributed by atoms with Crippen LogP contribution in [0.2, 0.25) is 0 Å². The number of nitrogens with zero attached hydrogens (tertiary/aromatic N) is 2. The van der Waals surface area contributed by atoms with Gasteiger partial charge < -0.3 is 9.73 Å². The topological polar surface area (TPSA) is 51.0 Å². The molecule has 0 aliphatic heterocycles. The maximum Gasteiger partial charge on any atom is 0.197 e. The van der Waals surface area contributed by atoms with E-state index in [0.29, 0.717) is 22.2 Å². The molecule has 0 unspecified atom stereocenters. The molecule has 0 saturated heterocycles. The van der Waals surface area contributed by atoms with E-state index in [0.717, 1.165) is 24.5 Å². The Kier molecular flexibility index (Phi) is 3.55. The molecule has 0 radical (unpaired) electrons. The molecule has 5 heteroatoms. The quantitative estimate of drug-likeness (QED) is 0.896. The molecule has 0 spiro atoms. The number of hydrogen-bond acceptors (Lipinski definition) is 4. The highest BCUT2D eigenvalue weighted by molar-refractivity contribution is 9.10. The minimum Gasteiger partial charge on any atom is -0.446 e. The largest absolute Gasteiger partial charge is 0.446 e. The summed E-state index contributed by atoms with van der Waals surface area (Å²) in [5.41, 5.74) is 1.12. The van der Waals surface area contributed by atoms with Crippen LogP contribution >= 0.6 is 15.9 Å². The molecule has 1 N–H and O–H groups in total. The molecule has 1 fully saturated rings. The number of nitrogens with one attached hydrogen (secondary N) is 1. The van der Waals surface area contributed by atoms with Gasteiger partial charge in [-0.1, -0.05) is 6.92 Å². The zero-order valence-electron chi connectivity index (χ0n) is 10.8. The van der Waals surface area contributed by atoms with Crippen LogP contribution in [-0.4, -0.2) is 16.5 Å². The average Bonchev–Trinajstić information content (AvgIpc) is 3.18. The Morgan fingerprint density at radius 1 is 1.37 bits per heavy atom. The number of furan rings is 1. The SMILES string of the molecule is CCCNc1cc(C2CC2)nc(-c2ccc(Br)o2)n1. The third kappa shape index (κ3) is 2.97. The standard InChI is InChI=1S/C14H16BrN3O/c1-2-7-16-13-8-10(9-3-4-9)17-14(18-13)11-5-6-12(15)19-11/h5-6,8-9H,2-4,7H2,1H3,(H,16,17,18). The van der Waals surface area contributed by atoms with Crippen molar-refractivity contribution < 1.29 is 4.42 Å². The molecule has 0 aromatic carbocycles. The van der Waals surface area contributed by atoms with Crippen LogP contribution in [0.4, 0.5) is 5.82 Å². The lowest BCUT2D eigenvalue weighted by atomic mass is 10.2. The molecule has 0 bridgehead atoms. The lowest BCUT2D eigenvalue weighted by molar-refractivity contribution is 0.551. The Bertz CT molecular complexity index is 578. The average molecular weight is 322 g/mol. The first kappa shape index (κ1) is 12.7. The van der Waals surface area contributed by atoms with Crippen molar-refractivity contribution in [1.82, 2.24) is 9.97 Å². The van der Waals surface area contributed by atoms with Gasteiger partial charge in [0.15, 0.2) is 16.3 Å². The second-order valence-electron chi connectivity index (χ2n) is 4.81. The second kappa shape index (κ2) is 5.33.